The molecule has 0 radical (unpaired) electrons. The van der Waals surface area contributed by atoms with E-state index < -0.39 is 0 Å². The molecule has 2 atom stereocenters. The van der Waals surface area contributed by atoms with Crippen LogP contribution in [0.2, 0.25) is 0 Å². The molecule has 0 aliphatic heterocycles. The molecule has 1 aromatic carbocycles. The summed E-state index contributed by atoms with van der Waals surface area (Å²) in [5.74, 6) is 2.49. The van der Waals surface area contributed by atoms with E-state index in [1.165, 1.54) is 27.7 Å². The van der Waals surface area contributed by atoms with Gasteiger partial charge in [0.2, 0.25) is 0 Å². The zero-order chi connectivity index (χ0) is 12.7. The molecule has 112 valence electrons. The maximum atomic E-state index is 4.54. The van der Waals surface area contributed by atoms with Crippen LogP contribution in [0.1, 0.15) is 28.9 Å². The van der Waals surface area contributed by atoms with Gasteiger partial charge in [-0.05, 0) is 28.6 Å². The van der Waals surface area contributed by atoms with E-state index in [0.717, 1.165) is 6.42 Å². The SMILES string of the molecule is [C-]1=C(C2C(c3ncc[pH]3)=Cc3ccccc32)C=CC1.[Cl-].[Cl-].[Hf]. The van der Waals surface area contributed by atoms with E-state index in [9.17, 15) is 0 Å². The zero-order valence-corrected chi connectivity index (χ0v) is 17.8. The van der Waals surface area contributed by atoms with E-state index in [4.69, 9.17) is 0 Å². The fourth-order valence-corrected chi connectivity index (χ4v) is 3.75. The first kappa shape index (κ1) is 19.6. The minimum atomic E-state index is 0. The zero-order valence-electron chi connectivity index (χ0n) is 11.7. The third kappa shape index (κ3) is 3.41. The number of allylic oxidation sites excluding steroid dienone is 5. The van der Waals surface area contributed by atoms with Gasteiger partial charge in [-0.15, -0.1) is 14.6 Å². The third-order valence-corrected chi connectivity index (χ3v) is 4.74. The second-order valence-electron chi connectivity index (χ2n) is 4.84. The molecule has 1 aromatic heterocycles. The Morgan fingerprint density at radius 3 is 2.68 bits per heavy atom. The summed E-state index contributed by atoms with van der Waals surface area (Å²) in [4.78, 5) is 4.54. The van der Waals surface area contributed by atoms with Crippen molar-refractivity contribution in [2.24, 2.45) is 0 Å². The molecule has 2 aliphatic rings. The van der Waals surface area contributed by atoms with Crippen molar-refractivity contribution in [2.45, 2.75) is 12.3 Å². The van der Waals surface area contributed by atoms with Crippen molar-refractivity contribution in [3.63, 3.8) is 0 Å². The van der Waals surface area contributed by atoms with Gasteiger partial charge in [-0.2, -0.15) is 6.08 Å². The summed E-state index contributed by atoms with van der Waals surface area (Å²) in [5, 5.41) is 0. The van der Waals surface area contributed by atoms with Gasteiger partial charge in [0.05, 0.1) is 5.43 Å². The Morgan fingerprint density at radius 1 is 1.18 bits per heavy atom. The molecule has 0 bridgehead atoms. The van der Waals surface area contributed by atoms with E-state index in [1.807, 2.05) is 6.20 Å². The topological polar surface area (TPSA) is 12.9 Å². The van der Waals surface area contributed by atoms with Crippen molar-refractivity contribution in [1.82, 2.24) is 4.98 Å². The summed E-state index contributed by atoms with van der Waals surface area (Å²) in [7, 11) is 0.699. The molecule has 0 amide bonds. The molecule has 0 fully saturated rings. The maximum Gasteiger partial charge on any atom is 0.0827 e. The van der Waals surface area contributed by atoms with Crippen LogP contribution in [0.5, 0.6) is 0 Å². The van der Waals surface area contributed by atoms with Gasteiger partial charge in [-0.3, -0.25) is 11.1 Å². The molecule has 22 heavy (non-hydrogen) atoms. The van der Waals surface area contributed by atoms with Crippen LogP contribution in [0, 0.1) is 6.08 Å². The average molecular weight is 512 g/mol. The molecule has 0 saturated carbocycles. The predicted molar refractivity (Wildman–Crippen MR) is 81.3 cm³/mol. The van der Waals surface area contributed by atoms with E-state index in [0.29, 0.717) is 14.1 Å². The molecule has 2 aromatic rings. The van der Waals surface area contributed by atoms with Crippen molar-refractivity contribution in [1.29, 1.82) is 0 Å². The molecule has 0 saturated heterocycles. The van der Waals surface area contributed by atoms with Gasteiger partial charge < -0.3 is 24.8 Å². The second-order valence-corrected chi connectivity index (χ2v) is 5.93. The van der Waals surface area contributed by atoms with Crippen molar-refractivity contribution in [2.75, 3.05) is 0 Å². The minimum absolute atomic E-state index is 0. The Kier molecular flexibility index (Phi) is 7.55. The van der Waals surface area contributed by atoms with Gasteiger partial charge in [-0.25, -0.2) is 11.6 Å². The number of hydrogen-bond donors (Lipinski definition) is 0. The quantitative estimate of drug-likeness (QED) is 0.352. The first-order valence-electron chi connectivity index (χ1n) is 6.51. The maximum absolute atomic E-state index is 4.54. The Bertz CT molecular complexity index is 720. The monoisotopic (exact) mass is 512 g/mol. The van der Waals surface area contributed by atoms with Crippen LogP contribution in [0.25, 0.3) is 11.6 Å². The summed E-state index contributed by atoms with van der Waals surface area (Å²) in [6.45, 7) is 0. The van der Waals surface area contributed by atoms with Crippen LogP contribution in [0.15, 0.2) is 54.0 Å². The van der Waals surface area contributed by atoms with Gasteiger partial charge in [0.1, 0.15) is 0 Å². The van der Waals surface area contributed by atoms with E-state index >= 15 is 0 Å². The van der Waals surface area contributed by atoms with E-state index in [1.54, 1.807) is 0 Å². The van der Waals surface area contributed by atoms with E-state index in [2.05, 4.69) is 59.4 Å². The Labute approximate surface area is 163 Å². The molecule has 2 unspecified atom stereocenters. The van der Waals surface area contributed by atoms with Gasteiger partial charge in [0, 0.05) is 38.0 Å². The second kappa shape index (κ2) is 8.45. The van der Waals surface area contributed by atoms with Crippen molar-refractivity contribution < 1.29 is 50.7 Å². The van der Waals surface area contributed by atoms with Crippen LogP contribution in [0.4, 0.5) is 0 Å². The third-order valence-electron chi connectivity index (χ3n) is 3.73. The number of hydrogen-bond acceptors (Lipinski definition) is 1. The first-order chi connectivity index (χ1) is 9.43. The van der Waals surface area contributed by atoms with Crippen molar-refractivity contribution in [3.05, 3.63) is 76.6 Å². The van der Waals surface area contributed by atoms with Gasteiger partial charge in [0.25, 0.3) is 0 Å². The fourth-order valence-electron chi connectivity index (χ4n) is 2.91. The number of rotatable bonds is 2. The molecule has 5 heteroatoms. The van der Waals surface area contributed by atoms with Crippen LogP contribution in [-0.4, -0.2) is 4.98 Å². The molecule has 2 aliphatic carbocycles. The normalized spacial score (nSPS) is 17.9. The van der Waals surface area contributed by atoms with Gasteiger partial charge in [0.15, 0.2) is 0 Å². The van der Waals surface area contributed by atoms with Gasteiger partial charge in [-0.1, -0.05) is 24.3 Å². The first-order valence-corrected chi connectivity index (χ1v) is 7.59. The van der Waals surface area contributed by atoms with Crippen molar-refractivity contribution >= 4 is 19.8 Å². The van der Waals surface area contributed by atoms with Crippen molar-refractivity contribution in [3.8, 4) is 0 Å². The van der Waals surface area contributed by atoms with Crippen LogP contribution >= 0.6 is 8.19 Å². The minimum Gasteiger partial charge on any atom is -1.00 e. The molecule has 0 spiro atoms. The number of aromatic nitrogens is 1. The molecular weight excluding hydrogens is 499 g/mol. The smallest absolute Gasteiger partial charge is 0.0827 e. The van der Waals surface area contributed by atoms with Crippen LogP contribution in [0.3, 0.4) is 0 Å². The van der Waals surface area contributed by atoms with Crippen LogP contribution in [-0.2, 0) is 25.8 Å². The van der Waals surface area contributed by atoms with Gasteiger partial charge >= 0.3 is 0 Å². The molecule has 4 rings (SSSR count). The number of nitrogens with zero attached hydrogens (tertiary/aromatic N) is 1. The Morgan fingerprint density at radius 2 is 2.00 bits per heavy atom. The number of fused-ring (bicyclic) bond motifs is 1. The number of halogens is 2. The molecule has 0 N–H and O–H groups in total. The largest absolute Gasteiger partial charge is 1.00 e. The summed E-state index contributed by atoms with van der Waals surface area (Å²) in [6, 6.07) is 8.66. The standard InChI is InChI=1S/C17H13NP.2ClH.Hf/c1-2-6-12(5-1)16-14-8-4-3-7-13(14)11-15(16)17-18-9-10-19-17;;;/h1,3-5,7-11,16,19H,2H2;2*1H;/q-1;;;/p-2. The summed E-state index contributed by atoms with van der Waals surface area (Å²) in [6.07, 6.45) is 13.1. The van der Waals surface area contributed by atoms with E-state index in [-0.39, 0.29) is 50.7 Å². The average Bonchev–Trinajstić information content (AvgIpc) is 3.17. The molecule has 1 nitrogen and oxygen atoms in total. The fraction of sp³-hybridized carbons (Fsp3) is 0.118. The van der Waals surface area contributed by atoms with Crippen LogP contribution < -0.4 is 24.8 Å². The molecule has 1 heterocycles. The summed E-state index contributed by atoms with van der Waals surface area (Å²) in [5.41, 5.74) is 6.62. The summed E-state index contributed by atoms with van der Waals surface area (Å²) >= 11 is 0. The number of benzene rings is 1. The Hall–Kier alpha value is -0.400. The summed E-state index contributed by atoms with van der Waals surface area (Å²) < 4.78 is 0. The molecular formula is C17H13Cl2HfNP-3. The Balaban J connectivity index is 0.000000807. The predicted octanol–water partition coefficient (Wildman–Crippen LogP) is -1.55.